The summed E-state index contributed by atoms with van der Waals surface area (Å²) in [4.78, 5) is 27.1. The van der Waals surface area contributed by atoms with Gasteiger partial charge in [0.05, 0.1) is 17.2 Å². The number of carbonyl (C=O) groups is 2. The number of fused-ring (bicyclic) bond motifs is 1. The molecular formula is C28H29NO5S. The summed E-state index contributed by atoms with van der Waals surface area (Å²) in [6, 6.07) is 17.1. The average Bonchev–Trinajstić information content (AvgIpc) is 3.59. The molecule has 0 unspecified atom stereocenters. The van der Waals surface area contributed by atoms with E-state index in [-0.39, 0.29) is 17.9 Å². The largest absolute Gasteiger partial charge is 0.493 e. The highest BCUT2D eigenvalue weighted by Gasteiger charge is 2.25. The van der Waals surface area contributed by atoms with Crippen LogP contribution in [0.5, 0.6) is 5.75 Å². The fourth-order valence-corrected chi connectivity index (χ4v) is 4.78. The Bertz CT molecular complexity index is 1190. The molecule has 0 atom stereocenters. The van der Waals surface area contributed by atoms with Gasteiger partial charge >= 0.3 is 5.97 Å². The molecule has 0 bridgehead atoms. The van der Waals surface area contributed by atoms with Crippen LogP contribution in [0.4, 0.5) is 5.69 Å². The van der Waals surface area contributed by atoms with Crippen molar-refractivity contribution in [1.29, 1.82) is 0 Å². The summed E-state index contributed by atoms with van der Waals surface area (Å²) in [6.45, 7) is 4.80. The number of hydrogen-bond acceptors (Lipinski definition) is 5. The second-order valence-electron chi connectivity index (χ2n) is 8.18. The van der Waals surface area contributed by atoms with Gasteiger partial charge in [0.2, 0.25) is 0 Å². The topological polar surface area (TPSA) is 76.1 Å². The van der Waals surface area contributed by atoms with Gasteiger partial charge in [0.15, 0.2) is 0 Å². The molecule has 1 fully saturated rings. The second-order valence-corrected chi connectivity index (χ2v) is 9.13. The van der Waals surface area contributed by atoms with Gasteiger partial charge in [-0.2, -0.15) is 0 Å². The van der Waals surface area contributed by atoms with Crippen LogP contribution in [0.3, 0.4) is 0 Å². The number of hydrogen-bond donors (Lipinski definition) is 1. The summed E-state index contributed by atoms with van der Waals surface area (Å²) in [5, 5.41) is 11.5. The molecule has 35 heavy (non-hydrogen) atoms. The van der Waals surface area contributed by atoms with E-state index in [1.54, 1.807) is 17.0 Å². The van der Waals surface area contributed by atoms with E-state index in [9.17, 15) is 14.7 Å². The Morgan fingerprint density at radius 3 is 2.54 bits per heavy atom. The van der Waals surface area contributed by atoms with E-state index in [4.69, 9.17) is 9.47 Å². The van der Waals surface area contributed by atoms with E-state index < -0.39 is 5.97 Å². The Balaban J connectivity index is 0.000000514. The number of benzene rings is 2. The van der Waals surface area contributed by atoms with Crippen molar-refractivity contribution in [2.45, 2.75) is 26.2 Å². The molecule has 0 radical (unpaired) electrons. The molecule has 0 saturated carbocycles. The number of thiophene rings is 1. The van der Waals surface area contributed by atoms with Crippen LogP contribution in [-0.4, -0.2) is 43.3 Å². The fraction of sp³-hybridized carbons (Fsp3) is 0.286. The minimum Gasteiger partial charge on any atom is -0.493 e. The highest BCUT2D eigenvalue weighted by Crippen LogP contribution is 2.36. The molecule has 2 aliphatic rings. The van der Waals surface area contributed by atoms with Crippen molar-refractivity contribution < 1.29 is 24.2 Å². The number of amides is 1. The third-order valence-electron chi connectivity index (χ3n) is 5.83. The van der Waals surface area contributed by atoms with E-state index in [1.807, 2.05) is 60.8 Å². The Kier molecular flexibility index (Phi) is 8.34. The molecule has 0 spiro atoms. The van der Waals surface area contributed by atoms with E-state index in [0.717, 1.165) is 30.1 Å². The lowest BCUT2D eigenvalue weighted by molar-refractivity contribution is -0.132. The first-order valence-corrected chi connectivity index (χ1v) is 12.7. The summed E-state index contributed by atoms with van der Waals surface area (Å²) in [6.07, 6.45) is 4.51. The molecule has 1 N–H and O–H groups in total. The first kappa shape index (κ1) is 24.7. The van der Waals surface area contributed by atoms with Crippen molar-refractivity contribution in [3.63, 3.8) is 0 Å². The highest BCUT2D eigenvalue weighted by molar-refractivity contribution is 7.12. The van der Waals surface area contributed by atoms with Crippen LogP contribution in [0, 0.1) is 0 Å². The number of anilines is 1. The highest BCUT2D eigenvalue weighted by atomic mass is 32.1. The molecule has 1 saturated heterocycles. The van der Waals surface area contributed by atoms with Gasteiger partial charge in [-0.1, -0.05) is 30.3 Å². The molecule has 7 heteroatoms. The van der Waals surface area contributed by atoms with Crippen LogP contribution in [-0.2, 0) is 9.53 Å². The maximum atomic E-state index is 13.1. The summed E-state index contributed by atoms with van der Waals surface area (Å²) in [5.74, 6) is -0.317. The molecule has 5 rings (SSSR count). The van der Waals surface area contributed by atoms with Crippen molar-refractivity contribution in [2.75, 3.05) is 31.3 Å². The molecule has 3 aromatic rings. The van der Waals surface area contributed by atoms with Crippen molar-refractivity contribution in [3.05, 3.63) is 76.0 Å². The Morgan fingerprint density at radius 1 is 1.09 bits per heavy atom. The maximum Gasteiger partial charge on any atom is 0.331 e. The number of nitrogens with zero attached hydrogens (tertiary/aromatic N) is 1. The van der Waals surface area contributed by atoms with Gasteiger partial charge < -0.3 is 19.5 Å². The molecular weight excluding hydrogens is 462 g/mol. The fourth-order valence-electron chi connectivity index (χ4n) is 4.11. The smallest absolute Gasteiger partial charge is 0.331 e. The third-order valence-corrected chi connectivity index (χ3v) is 6.69. The lowest BCUT2D eigenvalue weighted by Crippen LogP contribution is -2.31. The SMILES string of the molecule is C1CCOC1.CCOc1ccccc1-c1ccc2c(c1)C=C(C(=O)O)CCN2C(=O)c1cccs1. The number of ether oxygens (including phenoxy) is 2. The van der Waals surface area contributed by atoms with Crippen LogP contribution in [0.25, 0.3) is 17.2 Å². The van der Waals surface area contributed by atoms with Crippen molar-refractivity contribution in [2.24, 2.45) is 0 Å². The predicted molar refractivity (Wildman–Crippen MR) is 139 cm³/mol. The Hall–Kier alpha value is -3.42. The molecule has 0 aliphatic carbocycles. The molecule has 3 heterocycles. The van der Waals surface area contributed by atoms with Gasteiger partial charge in [0.25, 0.3) is 5.91 Å². The summed E-state index contributed by atoms with van der Waals surface area (Å²) in [5.41, 5.74) is 3.53. The van der Waals surface area contributed by atoms with E-state index in [2.05, 4.69) is 0 Å². The van der Waals surface area contributed by atoms with Crippen LogP contribution >= 0.6 is 11.3 Å². The lowest BCUT2D eigenvalue weighted by atomic mass is 9.99. The van der Waals surface area contributed by atoms with E-state index in [0.29, 0.717) is 29.3 Å². The van der Waals surface area contributed by atoms with Gasteiger partial charge in [0, 0.05) is 30.9 Å². The monoisotopic (exact) mass is 491 g/mol. The summed E-state index contributed by atoms with van der Waals surface area (Å²) < 4.78 is 10.7. The van der Waals surface area contributed by atoms with Crippen LogP contribution in [0.15, 0.2) is 65.6 Å². The van der Waals surface area contributed by atoms with Crippen molar-refractivity contribution >= 4 is 35.0 Å². The lowest BCUT2D eigenvalue weighted by Gasteiger charge is -2.23. The van der Waals surface area contributed by atoms with Crippen LogP contribution < -0.4 is 9.64 Å². The van der Waals surface area contributed by atoms with Gasteiger partial charge in [-0.05, 0) is 73.0 Å². The first-order chi connectivity index (χ1) is 17.1. The molecule has 1 aromatic heterocycles. The number of carboxylic acids is 1. The molecule has 2 aliphatic heterocycles. The summed E-state index contributed by atoms with van der Waals surface area (Å²) >= 11 is 1.38. The van der Waals surface area contributed by atoms with Crippen molar-refractivity contribution in [1.82, 2.24) is 0 Å². The summed E-state index contributed by atoms with van der Waals surface area (Å²) in [7, 11) is 0. The zero-order chi connectivity index (χ0) is 24.6. The molecule has 1 amide bonds. The number of carboxylic acid groups (broad SMARTS) is 1. The van der Waals surface area contributed by atoms with Gasteiger partial charge in [0.1, 0.15) is 5.75 Å². The van der Waals surface area contributed by atoms with Crippen LogP contribution in [0.1, 0.15) is 41.4 Å². The Labute approximate surface area is 209 Å². The van der Waals surface area contributed by atoms with Gasteiger partial charge in [-0.15, -0.1) is 11.3 Å². The molecule has 2 aromatic carbocycles. The third kappa shape index (κ3) is 5.99. The number of para-hydroxylation sites is 1. The molecule has 6 nitrogen and oxygen atoms in total. The Morgan fingerprint density at radius 2 is 1.89 bits per heavy atom. The minimum absolute atomic E-state index is 0.117. The minimum atomic E-state index is -0.966. The zero-order valence-corrected chi connectivity index (χ0v) is 20.6. The number of rotatable bonds is 5. The van der Waals surface area contributed by atoms with Gasteiger partial charge in [-0.3, -0.25) is 4.79 Å². The van der Waals surface area contributed by atoms with E-state index >= 15 is 0 Å². The molecule has 182 valence electrons. The quantitative estimate of drug-likeness (QED) is 0.465. The predicted octanol–water partition coefficient (Wildman–Crippen LogP) is 6.13. The number of carbonyl (C=O) groups excluding carboxylic acids is 1. The van der Waals surface area contributed by atoms with Crippen molar-refractivity contribution in [3.8, 4) is 16.9 Å². The maximum absolute atomic E-state index is 13.1. The average molecular weight is 492 g/mol. The zero-order valence-electron chi connectivity index (χ0n) is 19.7. The normalized spacial score (nSPS) is 14.8. The first-order valence-electron chi connectivity index (χ1n) is 11.8. The second kappa shape index (κ2) is 11.8. The standard InChI is InChI=1S/C24H21NO4S.C4H8O/c1-2-29-21-7-4-3-6-19(21)16-9-10-20-18(14-16)15-17(24(27)28)11-12-25(20)23(26)22-8-5-13-30-22;1-2-4-5-3-1/h3-10,13-15H,2,11-12H2,1H3,(H,27,28);1-4H2. The van der Waals surface area contributed by atoms with E-state index in [1.165, 1.54) is 24.2 Å². The van der Waals surface area contributed by atoms with Gasteiger partial charge in [-0.25, -0.2) is 4.79 Å². The number of aliphatic carboxylic acids is 1. The van der Waals surface area contributed by atoms with Crippen LogP contribution in [0.2, 0.25) is 0 Å².